The summed E-state index contributed by atoms with van der Waals surface area (Å²) in [6.45, 7) is 5.18. The molecular formula is C15H24N2O. The molecule has 3 nitrogen and oxygen atoms in total. The van der Waals surface area contributed by atoms with Crippen LogP contribution in [0.5, 0.6) is 0 Å². The Bertz CT molecular complexity index is 403. The third-order valence-corrected chi connectivity index (χ3v) is 3.57. The lowest BCUT2D eigenvalue weighted by Gasteiger charge is -2.29. The molecule has 0 amide bonds. The van der Waals surface area contributed by atoms with Crippen molar-refractivity contribution in [3.63, 3.8) is 0 Å². The van der Waals surface area contributed by atoms with Crippen LogP contribution in [-0.4, -0.2) is 32.8 Å². The second-order valence-corrected chi connectivity index (χ2v) is 5.44. The zero-order chi connectivity index (χ0) is 13.1. The second kappa shape index (κ2) is 5.61. The molecule has 2 atom stereocenters. The molecule has 0 bridgehead atoms. The molecule has 1 fully saturated rings. The molecule has 0 spiro atoms. The van der Waals surface area contributed by atoms with Crippen molar-refractivity contribution in [2.75, 3.05) is 30.9 Å². The van der Waals surface area contributed by atoms with Gasteiger partial charge >= 0.3 is 0 Å². The third kappa shape index (κ3) is 3.16. The van der Waals surface area contributed by atoms with Crippen molar-refractivity contribution >= 4 is 11.4 Å². The highest BCUT2D eigenvalue weighted by molar-refractivity contribution is 5.60. The van der Waals surface area contributed by atoms with Gasteiger partial charge in [0.2, 0.25) is 0 Å². The Morgan fingerprint density at radius 1 is 1.33 bits per heavy atom. The largest absolute Gasteiger partial charge is 0.382 e. The highest BCUT2D eigenvalue weighted by atomic mass is 16.5. The normalized spacial score (nSPS) is 23.8. The average Bonchev–Trinajstić information content (AvgIpc) is 2.31. The summed E-state index contributed by atoms with van der Waals surface area (Å²) in [6.07, 6.45) is 2.56. The molecule has 18 heavy (non-hydrogen) atoms. The van der Waals surface area contributed by atoms with Crippen LogP contribution >= 0.6 is 0 Å². The Labute approximate surface area is 110 Å². The van der Waals surface area contributed by atoms with Gasteiger partial charge in [-0.15, -0.1) is 0 Å². The molecule has 1 saturated heterocycles. The van der Waals surface area contributed by atoms with Crippen LogP contribution < -0.4 is 10.2 Å². The standard InChI is InChI=1S/C15H24N2O/c1-11-9-14(17(3)4)5-6-15(11)16-13-7-8-18-12(2)10-13/h5-6,9,12-13,16H,7-8,10H2,1-4H3. The van der Waals surface area contributed by atoms with Gasteiger partial charge in [0.25, 0.3) is 0 Å². The number of aryl methyl sites for hydroxylation is 1. The van der Waals surface area contributed by atoms with Crippen LogP contribution in [0.3, 0.4) is 0 Å². The molecule has 1 heterocycles. The molecular weight excluding hydrogens is 224 g/mol. The van der Waals surface area contributed by atoms with Crippen LogP contribution in [0.15, 0.2) is 18.2 Å². The molecule has 2 rings (SSSR count). The van der Waals surface area contributed by atoms with Crippen LogP contribution in [0, 0.1) is 6.92 Å². The van der Waals surface area contributed by atoms with E-state index in [-0.39, 0.29) is 0 Å². The minimum atomic E-state index is 0.373. The molecule has 0 saturated carbocycles. The first-order valence-corrected chi connectivity index (χ1v) is 6.72. The second-order valence-electron chi connectivity index (χ2n) is 5.44. The predicted molar refractivity (Wildman–Crippen MR) is 77.6 cm³/mol. The summed E-state index contributed by atoms with van der Waals surface area (Å²) >= 11 is 0. The van der Waals surface area contributed by atoms with E-state index in [1.54, 1.807) is 0 Å². The van der Waals surface area contributed by atoms with E-state index in [0.717, 1.165) is 19.4 Å². The fourth-order valence-electron chi connectivity index (χ4n) is 2.44. The number of nitrogens with one attached hydrogen (secondary N) is 1. The summed E-state index contributed by atoms with van der Waals surface area (Å²) in [5.41, 5.74) is 3.80. The van der Waals surface area contributed by atoms with Crippen LogP contribution in [0.2, 0.25) is 0 Å². The number of benzene rings is 1. The van der Waals surface area contributed by atoms with E-state index in [2.05, 4.69) is 56.4 Å². The van der Waals surface area contributed by atoms with Crippen LogP contribution in [-0.2, 0) is 4.74 Å². The lowest BCUT2D eigenvalue weighted by molar-refractivity contribution is 0.0232. The quantitative estimate of drug-likeness (QED) is 0.890. The SMILES string of the molecule is Cc1cc(N(C)C)ccc1NC1CCOC(C)C1. The lowest BCUT2D eigenvalue weighted by Crippen LogP contribution is -2.32. The molecule has 1 aliphatic rings. The maximum Gasteiger partial charge on any atom is 0.0566 e. The minimum absolute atomic E-state index is 0.373. The van der Waals surface area contributed by atoms with Gasteiger partial charge in [-0.1, -0.05) is 0 Å². The molecule has 3 heteroatoms. The summed E-state index contributed by atoms with van der Waals surface area (Å²) in [4.78, 5) is 2.13. The zero-order valence-corrected chi connectivity index (χ0v) is 11.9. The van der Waals surface area contributed by atoms with Crippen LogP contribution in [0.1, 0.15) is 25.3 Å². The molecule has 1 N–H and O–H groups in total. The van der Waals surface area contributed by atoms with Crippen molar-refractivity contribution in [2.24, 2.45) is 0 Å². The van der Waals surface area contributed by atoms with Gasteiger partial charge in [0.05, 0.1) is 6.10 Å². The highest BCUT2D eigenvalue weighted by Gasteiger charge is 2.19. The van der Waals surface area contributed by atoms with Crippen LogP contribution in [0.25, 0.3) is 0 Å². The van der Waals surface area contributed by atoms with Gasteiger partial charge in [-0.25, -0.2) is 0 Å². The number of anilines is 2. The molecule has 1 aromatic rings. The van der Waals surface area contributed by atoms with Gasteiger partial charge < -0.3 is 15.0 Å². The molecule has 100 valence electrons. The van der Waals surface area contributed by atoms with Crippen molar-refractivity contribution < 1.29 is 4.74 Å². The van der Waals surface area contributed by atoms with Crippen molar-refractivity contribution in [3.05, 3.63) is 23.8 Å². The van der Waals surface area contributed by atoms with Gasteiger partial charge in [0, 0.05) is 38.1 Å². The summed E-state index contributed by atoms with van der Waals surface area (Å²) in [5, 5.41) is 3.65. The molecule has 0 aliphatic carbocycles. The predicted octanol–water partition coefficient (Wildman–Crippen LogP) is 3.04. The van der Waals surface area contributed by atoms with Gasteiger partial charge in [-0.05, 0) is 50.5 Å². The summed E-state index contributed by atoms with van der Waals surface area (Å²) < 4.78 is 5.58. The van der Waals surface area contributed by atoms with Crippen molar-refractivity contribution in [2.45, 2.75) is 38.8 Å². The molecule has 2 unspecified atom stereocenters. The van der Waals surface area contributed by atoms with Crippen molar-refractivity contribution in [1.29, 1.82) is 0 Å². The van der Waals surface area contributed by atoms with E-state index in [1.165, 1.54) is 16.9 Å². The first-order valence-electron chi connectivity index (χ1n) is 6.72. The maximum atomic E-state index is 5.58. The number of nitrogens with zero attached hydrogens (tertiary/aromatic N) is 1. The Kier molecular flexibility index (Phi) is 4.12. The van der Waals surface area contributed by atoms with Gasteiger partial charge in [-0.2, -0.15) is 0 Å². The topological polar surface area (TPSA) is 24.5 Å². The summed E-state index contributed by atoms with van der Waals surface area (Å²) in [5.74, 6) is 0. The first kappa shape index (κ1) is 13.2. The average molecular weight is 248 g/mol. The Balaban J connectivity index is 2.05. The number of hydrogen-bond donors (Lipinski definition) is 1. The van der Waals surface area contributed by atoms with E-state index in [9.17, 15) is 0 Å². The monoisotopic (exact) mass is 248 g/mol. The Hall–Kier alpha value is -1.22. The van der Waals surface area contributed by atoms with E-state index in [4.69, 9.17) is 4.74 Å². The summed E-state index contributed by atoms with van der Waals surface area (Å²) in [7, 11) is 4.14. The fourth-order valence-corrected chi connectivity index (χ4v) is 2.44. The number of ether oxygens (including phenoxy) is 1. The third-order valence-electron chi connectivity index (χ3n) is 3.57. The lowest BCUT2D eigenvalue weighted by atomic mass is 10.0. The fraction of sp³-hybridized carbons (Fsp3) is 0.600. The van der Waals surface area contributed by atoms with Crippen molar-refractivity contribution in [1.82, 2.24) is 0 Å². The highest BCUT2D eigenvalue weighted by Crippen LogP contribution is 2.24. The maximum absolute atomic E-state index is 5.58. The molecule has 0 radical (unpaired) electrons. The number of rotatable bonds is 3. The van der Waals surface area contributed by atoms with E-state index in [0.29, 0.717) is 12.1 Å². The van der Waals surface area contributed by atoms with Gasteiger partial charge in [0.1, 0.15) is 0 Å². The van der Waals surface area contributed by atoms with Crippen molar-refractivity contribution in [3.8, 4) is 0 Å². The van der Waals surface area contributed by atoms with E-state index < -0.39 is 0 Å². The first-order chi connectivity index (χ1) is 8.56. The molecule has 1 aliphatic heterocycles. The molecule has 1 aromatic carbocycles. The number of hydrogen-bond acceptors (Lipinski definition) is 3. The Morgan fingerprint density at radius 2 is 2.11 bits per heavy atom. The van der Waals surface area contributed by atoms with E-state index >= 15 is 0 Å². The van der Waals surface area contributed by atoms with Crippen LogP contribution in [0.4, 0.5) is 11.4 Å². The summed E-state index contributed by atoms with van der Waals surface area (Å²) in [6, 6.07) is 7.12. The van der Waals surface area contributed by atoms with E-state index in [1.807, 2.05) is 0 Å². The van der Waals surface area contributed by atoms with Gasteiger partial charge in [-0.3, -0.25) is 0 Å². The molecule has 0 aromatic heterocycles. The Morgan fingerprint density at radius 3 is 2.72 bits per heavy atom. The zero-order valence-electron chi connectivity index (χ0n) is 11.9. The van der Waals surface area contributed by atoms with Gasteiger partial charge in [0.15, 0.2) is 0 Å². The minimum Gasteiger partial charge on any atom is -0.382 e. The smallest absolute Gasteiger partial charge is 0.0566 e.